The highest BCUT2D eigenvalue weighted by atomic mass is 16.4. The molecule has 0 rings (SSSR count). The Bertz CT molecular complexity index is 98.4. The molecule has 7 heavy (non-hydrogen) atoms. The smallest absolute Gasteiger partial charge is 0.442 e. The number of carbonyl (C=O) groups is 1. The summed E-state index contributed by atoms with van der Waals surface area (Å²) in [6.45, 7) is -0.900. The topological polar surface area (TPSA) is 85.6 Å². The molecule has 0 unspecified atom stereocenters. The van der Waals surface area contributed by atoms with Gasteiger partial charge in [-0.1, -0.05) is 0 Å². The van der Waals surface area contributed by atoms with Crippen molar-refractivity contribution in [2.45, 2.75) is 0 Å². The molecule has 0 aromatic rings. The molecule has 2 N–H and O–H groups in total. The SMILES string of the molecule is [NH2+]=C(C[O-])C([O])=O. The molecular formula is C3H4NO3. The van der Waals surface area contributed by atoms with Crippen molar-refractivity contribution in [3.63, 3.8) is 0 Å². The molecule has 0 aromatic carbocycles. The minimum atomic E-state index is -1.57. The maximum Gasteiger partial charge on any atom is 0.442 e. The summed E-state index contributed by atoms with van der Waals surface area (Å²) in [5.41, 5.74) is -0.653. The van der Waals surface area contributed by atoms with Crippen molar-refractivity contribution in [3.8, 4) is 0 Å². The number of hydrogen-bond acceptors (Lipinski definition) is 2. The Morgan fingerprint density at radius 2 is 2.14 bits per heavy atom. The van der Waals surface area contributed by atoms with Crippen molar-refractivity contribution in [3.05, 3.63) is 0 Å². The molecule has 39 valence electrons. The van der Waals surface area contributed by atoms with E-state index in [4.69, 9.17) is 0 Å². The molecule has 0 fully saturated rings. The van der Waals surface area contributed by atoms with Crippen LogP contribution in [-0.2, 0) is 9.90 Å². The first kappa shape index (κ1) is 6.10. The zero-order valence-electron chi connectivity index (χ0n) is 3.51. The van der Waals surface area contributed by atoms with Crippen molar-refractivity contribution < 1.29 is 20.4 Å². The normalized spacial score (nSPS) is 8.14. The van der Waals surface area contributed by atoms with E-state index in [1.807, 2.05) is 0 Å². The van der Waals surface area contributed by atoms with Crippen molar-refractivity contribution >= 4 is 11.7 Å². The molecule has 0 atom stereocenters. The van der Waals surface area contributed by atoms with Gasteiger partial charge in [-0.25, -0.2) is 9.90 Å². The standard InChI is InChI=1S/C3H3NO3/c4-2(1-5)3(6)7/h4H,1H2/q-1/p+1. The molecule has 0 aliphatic carbocycles. The van der Waals surface area contributed by atoms with Crippen molar-refractivity contribution in [2.24, 2.45) is 0 Å². The number of carbonyl (C=O) groups excluding carboxylic acids is 1. The molecule has 0 aromatic heterocycles. The summed E-state index contributed by atoms with van der Waals surface area (Å²) in [4.78, 5) is 9.46. The van der Waals surface area contributed by atoms with Gasteiger partial charge in [0.15, 0.2) is 0 Å². The second kappa shape index (κ2) is 2.30. The van der Waals surface area contributed by atoms with Gasteiger partial charge in [0.05, 0.1) is 0 Å². The fraction of sp³-hybridized carbons (Fsp3) is 0.333. The Morgan fingerprint density at radius 1 is 1.71 bits per heavy atom. The lowest BCUT2D eigenvalue weighted by Crippen LogP contribution is -2.49. The molecule has 1 radical (unpaired) electrons. The van der Waals surface area contributed by atoms with E-state index >= 15 is 0 Å². The van der Waals surface area contributed by atoms with Crippen LogP contribution in [0, 0.1) is 0 Å². The molecule has 0 bridgehead atoms. The zero-order chi connectivity index (χ0) is 5.86. The summed E-state index contributed by atoms with van der Waals surface area (Å²) in [6.07, 6.45) is 0. The van der Waals surface area contributed by atoms with E-state index in [-0.39, 0.29) is 0 Å². The molecule has 0 saturated heterocycles. The fourth-order valence-corrected chi connectivity index (χ4v) is 0.0589. The monoisotopic (exact) mass is 102 g/mol. The first-order chi connectivity index (χ1) is 3.18. The molecule has 0 spiro atoms. The van der Waals surface area contributed by atoms with Crippen LogP contribution < -0.4 is 10.5 Å². The third-order valence-corrected chi connectivity index (χ3v) is 0.418. The number of rotatable bonds is 2. The number of hydrogen-bond donors (Lipinski definition) is 1. The van der Waals surface area contributed by atoms with E-state index < -0.39 is 18.3 Å². The molecule has 4 nitrogen and oxygen atoms in total. The minimum absolute atomic E-state index is 0.653. The summed E-state index contributed by atoms with van der Waals surface area (Å²) in [5, 5.41) is 23.5. The molecule has 0 aliphatic heterocycles. The van der Waals surface area contributed by atoms with Crippen molar-refractivity contribution in [1.29, 1.82) is 0 Å². The second-order valence-electron chi connectivity index (χ2n) is 0.957. The van der Waals surface area contributed by atoms with Gasteiger partial charge in [-0.05, 0) is 6.61 Å². The third kappa shape index (κ3) is 1.88. The van der Waals surface area contributed by atoms with Crippen molar-refractivity contribution in [1.82, 2.24) is 0 Å². The lowest BCUT2D eigenvalue weighted by atomic mass is 10.4. The van der Waals surface area contributed by atoms with Crippen molar-refractivity contribution in [2.75, 3.05) is 6.61 Å². The average molecular weight is 102 g/mol. The van der Waals surface area contributed by atoms with Crippen LogP contribution >= 0.6 is 0 Å². The van der Waals surface area contributed by atoms with E-state index in [1.54, 1.807) is 0 Å². The Kier molecular flexibility index (Phi) is 2.01. The second-order valence-corrected chi connectivity index (χ2v) is 0.957. The van der Waals surface area contributed by atoms with Gasteiger partial charge < -0.3 is 5.11 Å². The maximum atomic E-state index is 9.49. The highest BCUT2D eigenvalue weighted by Gasteiger charge is 2.07. The van der Waals surface area contributed by atoms with Crippen LogP contribution in [0.4, 0.5) is 0 Å². The predicted octanol–water partition coefficient (Wildman–Crippen LogP) is -3.50. The van der Waals surface area contributed by atoms with Gasteiger partial charge >= 0.3 is 5.97 Å². The van der Waals surface area contributed by atoms with E-state index in [0.717, 1.165) is 0 Å². The Labute approximate surface area is 39.9 Å². The summed E-state index contributed by atoms with van der Waals surface area (Å²) < 4.78 is 0. The van der Waals surface area contributed by atoms with Crippen LogP contribution in [0.3, 0.4) is 0 Å². The van der Waals surface area contributed by atoms with Gasteiger partial charge in [-0.3, -0.25) is 5.41 Å². The van der Waals surface area contributed by atoms with E-state index in [0.29, 0.717) is 0 Å². The van der Waals surface area contributed by atoms with Crippen LogP contribution in [0.2, 0.25) is 0 Å². The van der Waals surface area contributed by atoms with Gasteiger partial charge in [-0.2, -0.15) is 0 Å². The van der Waals surface area contributed by atoms with Gasteiger partial charge in [0, 0.05) is 0 Å². The molecule has 0 saturated carbocycles. The first-order valence-electron chi connectivity index (χ1n) is 1.59. The quantitative estimate of drug-likeness (QED) is 0.367. The van der Waals surface area contributed by atoms with Crippen LogP contribution in [0.1, 0.15) is 0 Å². The highest BCUT2D eigenvalue weighted by molar-refractivity contribution is 6.32. The van der Waals surface area contributed by atoms with E-state index in [2.05, 4.69) is 5.41 Å². The lowest BCUT2D eigenvalue weighted by molar-refractivity contribution is -0.353. The number of nitrogens with two attached hydrogens (primary N) is 1. The summed E-state index contributed by atoms with van der Waals surface area (Å²) in [5.74, 6) is -1.57. The fourth-order valence-electron chi connectivity index (χ4n) is 0.0589. The summed E-state index contributed by atoms with van der Waals surface area (Å²) in [7, 11) is 0. The maximum absolute atomic E-state index is 9.49. The molecule has 0 aliphatic rings. The van der Waals surface area contributed by atoms with Crippen LogP contribution in [0.25, 0.3) is 0 Å². The highest BCUT2D eigenvalue weighted by Crippen LogP contribution is 1.58. The average Bonchev–Trinajstić information content (AvgIpc) is 1.65. The summed E-state index contributed by atoms with van der Waals surface area (Å²) in [6, 6.07) is 0. The molecular weight excluding hydrogens is 98.0 g/mol. The van der Waals surface area contributed by atoms with Gasteiger partial charge in [0.2, 0.25) is 5.71 Å². The van der Waals surface area contributed by atoms with Gasteiger partial charge in [0.25, 0.3) is 0 Å². The molecule has 4 heteroatoms. The van der Waals surface area contributed by atoms with Crippen LogP contribution in [0.15, 0.2) is 0 Å². The Balaban J connectivity index is 3.58. The Morgan fingerprint density at radius 3 is 2.14 bits per heavy atom. The van der Waals surface area contributed by atoms with E-state index in [1.165, 1.54) is 0 Å². The van der Waals surface area contributed by atoms with Gasteiger partial charge in [-0.15, -0.1) is 0 Å². The predicted molar refractivity (Wildman–Crippen MR) is 17.5 cm³/mol. The zero-order valence-corrected chi connectivity index (χ0v) is 3.51. The first-order valence-corrected chi connectivity index (χ1v) is 1.59. The lowest BCUT2D eigenvalue weighted by Gasteiger charge is -1.89. The van der Waals surface area contributed by atoms with Crippen LogP contribution in [-0.4, -0.2) is 18.3 Å². The third-order valence-electron chi connectivity index (χ3n) is 0.418. The Hall–Kier alpha value is -0.900. The molecule has 0 heterocycles. The van der Waals surface area contributed by atoms with E-state index in [9.17, 15) is 15.0 Å². The molecule has 0 amide bonds. The van der Waals surface area contributed by atoms with Crippen LogP contribution in [0.5, 0.6) is 0 Å². The summed E-state index contributed by atoms with van der Waals surface area (Å²) >= 11 is 0. The van der Waals surface area contributed by atoms with Gasteiger partial charge in [0.1, 0.15) is 0 Å². The minimum Gasteiger partial charge on any atom is -0.847 e. The largest absolute Gasteiger partial charge is 0.847 e.